The Kier molecular flexibility index (Phi) is 5.44. The van der Waals surface area contributed by atoms with Crippen molar-refractivity contribution in [2.24, 2.45) is 0 Å². The summed E-state index contributed by atoms with van der Waals surface area (Å²) in [5.74, 6) is 2.19. The zero-order valence-corrected chi connectivity index (χ0v) is 15.1. The van der Waals surface area contributed by atoms with E-state index < -0.39 is 0 Å². The molecule has 6 heteroatoms. The van der Waals surface area contributed by atoms with Crippen LogP contribution in [0.15, 0.2) is 42.5 Å². The fourth-order valence-electron chi connectivity index (χ4n) is 3.21. The number of fused-ring (bicyclic) bond motifs is 1. The zero-order valence-electron chi connectivity index (χ0n) is 15.1. The van der Waals surface area contributed by atoms with Crippen molar-refractivity contribution < 1.29 is 23.7 Å². The largest absolute Gasteiger partial charge is 0.491 e. The van der Waals surface area contributed by atoms with E-state index >= 15 is 0 Å². The van der Waals surface area contributed by atoms with E-state index in [0.29, 0.717) is 19.4 Å². The first-order valence-corrected chi connectivity index (χ1v) is 9.29. The molecule has 2 heterocycles. The first kappa shape index (κ1) is 17.7. The van der Waals surface area contributed by atoms with Gasteiger partial charge in [-0.2, -0.15) is 0 Å². The average molecular weight is 369 g/mol. The quantitative estimate of drug-likeness (QED) is 0.809. The van der Waals surface area contributed by atoms with Gasteiger partial charge >= 0.3 is 0 Å². The van der Waals surface area contributed by atoms with E-state index in [-0.39, 0.29) is 18.8 Å². The van der Waals surface area contributed by atoms with Gasteiger partial charge in [0.2, 0.25) is 12.7 Å². The highest BCUT2D eigenvalue weighted by atomic mass is 16.7. The number of carbonyl (C=O) groups is 1. The van der Waals surface area contributed by atoms with E-state index in [4.69, 9.17) is 18.9 Å². The number of benzene rings is 2. The van der Waals surface area contributed by atoms with E-state index in [0.717, 1.165) is 47.9 Å². The van der Waals surface area contributed by atoms with Gasteiger partial charge in [0.25, 0.3) is 0 Å². The van der Waals surface area contributed by atoms with Crippen molar-refractivity contribution in [1.82, 2.24) is 0 Å². The van der Waals surface area contributed by atoms with Crippen LogP contribution >= 0.6 is 0 Å². The van der Waals surface area contributed by atoms with Crippen molar-refractivity contribution in [3.8, 4) is 17.2 Å². The lowest BCUT2D eigenvalue weighted by Crippen LogP contribution is -2.16. The minimum Gasteiger partial charge on any atom is -0.491 e. The van der Waals surface area contributed by atoms with Gasteiger partial charge in [-0.25, -0.2) is 0 Å². The molecule has 2 aromatic carbocycles. The molecule has 1 unspecified atom stereocenters. The van der Waals surface area contributed by atoms with Gasteiger partial charge in [0.15, 0.2) is 11.5 Å². The number of hydrogen-bond donors (Lipinski definition) is 1. The molecule has 2 aliphatic heterocycles. The van der Waals surface area contributed by atoms with Gasteiger partial charge in [-0.05, 0) is 49.1 Å². The van der Waals surface area contributed by atoms with Crippen molar-refractivity contribution in [3.63, 3.8) is 0 Å². The second kappa shape index (κ2) is 8.31. The fraction of sp³-hybridized carbons (Fsp3) is 0.381. The molecule has 0 aliphatic carbocycles. The number of aryl methyl sites for hydroxylation is 1. The van der Waals surface area contributed by atoms with E-state index in [1.165, 1.54) is 0 Å². The lowest BCUT2D eigenvalue weighted by atomic mass is 10.1. The molecule has 2 aliphatic rings. The summed E-state index contributed by atoms with van der Waals surface area (Å²) in [5, 5.41) is 2.93. The Morgan fingerprint density at radius 1 is 1.15 bits per heavy atom. The molecule has 27 heavy (non-hydrogen) atoms. The molecule has 0 radical (unpaired) electrons. The van der Waals surface area contributed by atoms with Crippen LogP contribution in [0.2, 0.25) is 0 Å². The molecule has 1 fully saturated rings. The van der Waals surface area contributed by atoms with E-state index in [1.807, 2.05) is 42.5 Å². The van der Waals surface area contributed by atoms with Gasteiger partial charge in [-0.1, -0.05) is 12.1 Å². The summed E-state index contributed by atoms with van der Waals surface area (Å²) in [7, 11) is 0. The molecule has 6 nitrogen and oxygen atoms in total. The van der Waals surface area contributed by atoms with E-state index in [9.17, 15) is 4.79 Å². The highest BCUT2D eigenvalue weighted by Gasteiger charge is 2.16. The monoisotopic (exact) mass is 369 g/mol. The summed E-state index contributed by atoms with van der Waals surface area (Å²) in [6.07, 6.45) is 3.33. The molecule has 0 spiro atoms. The third-order valence-corrected chi connectivity index (χ3v) is 4.66. The Bertz CT molecular complexity index is 801. The number of amides is 1. The van der Waals surface area contributed by atoms with Crippen LogP contribution in [0, 0.1) is 0 Å². The average Bonchev–Trinajstić information content (AvgIpc) is 3.36. The molecule has 1 atom stereocenters. The Labute approximate surface area is 158 Å². The number of carbonyl (C=O) groups excluding carboxylic acids is 1. The second-order valence-electron chi connectivity index (χ2n) is 6.71. The Balaban J connectivity index is 1.27. The minimum absolute atomic E-state index is 0.0380. The van der Waals surface area contributed by atoms with Crippen molar-refractivity contribution in [3.05, 3.63) is 48.0 Å². The van der Waals surface area contributed by atoms with Crippen LogP contribution in [0.25, 0.3) is 0 Å². The molecule has 1 amide bonds. The van der Waals surface area contributed by atoms with Crippen LogP contribution in [0.4, 0.5) is 5.69 Å². The summed E-state index contributed by atoms with van der Waals surface area (Å²) in [6, 6.07) is 13.2. The standard InChI is InChI=1S/C21H23NO5/c23-21(9-7-15-6-8-19-20(11-15)27-14-26-19)22-16-3-1-4-17(12-16)25-13-18-5-2-10-24-18/h1,3-4,6,8,11-12,18H,2,5,7,9-10,13-14H2,(H,22,23). The maximum atomic E-state index is 12.3. The fourth-order valence-corrected chi connectivity index (χ4v) is 3.21. The molecular weight excluding hydrogens is 346 g/mol. The highest BCUT2D eigenvalue weighted by molar-refractivity contribution is 5.91. The van der Waals surface area contributed by atoms with Gasteiger partial charge in [-0.15, -0.1) is 0 Å². The lowest BCUT2D eigenvalue weighted by molar-refractivity contribution is -0.116. The molecule has 2 aromatic rings. The molecule has 0 aromatic heterocycles. The van der Waals surface area contributed by atoms with Crippen LogP contribution in [-0.2, 0) is 16.0 Å². The van der Waals surface area contributed by atoms with Gasteiger partial charge < -0.3 is 24.3 Å². The Morgan fingerprint density at radius 3 is 2.96 bits per heavy atom. The second-order valence-corrected chi connectivity index (χ2v) is 6.71. The number of hydrogen-bond acceptors (Lipinski definition) is 5. The molecule has 1 N–H and O–H groups in total. The molecular formula is C21H23NO5. The van der Waals surface area contributed by atoms with Gasteiger partial charge in [-0.3, -0.25) is 4.79 Å². The number of rotatable bonds is 7. The summed E-state index contributed by atoms with van der Waals surface area (Å²) in [6.45, 7) is 1.61. The summed E-state index contributed by atoms with van der Waals surface area (Å²) >= 11 is 0. The van der Waals surface area contributed by atoms with E-state index in [1.54, 1.807) is 0 Å². The highest BCUT2D eigenvalue weighted by Crippen LogP contribution is 2.32. The smallest absolute Gasteiger partial charge is 0.231 e. The molecule has 0 saturated carbocycles. The predicted octanol–water partition coefficient (Wildman–Crippen LogP) is 3.54. The first-order chi connectivity index (χ1) is 13.3. The molecule has 0 bridgehead atoms. The number of ether oxygens (including phenoxy) is 4. The van der Waals surface area contributed by atoms with Crippen LogP contribution in [-0.4, -0.2) is 32.0 Å². The van der Waals surface area contributed by atoms with Crippen LogP contribution in [0.5, 0.6) is 17.2 Å². The third-order valence-electron chi connectivity index (χ3n) is 4.66. The lowest BCUT2D eigenvalue weighted by Gasteiger charge is -2.12. The van der Waals surface area contributed by atoms with Crippen LogP contribution in [0.1, 0.15) is 24.8 Å². The molecule has 1 saturated heterocycles. The Hall–Kier alpha value is -2.73. The normalized spacial score (nSPS) is 17.7. The maximum Gasteiger partial charge on any atom is 0.231 e. The number of anilines is 1. The van der Waals surface area contributed by atoms with Crippen LogP contribution in [0.3, 0.4) is 0 Å². The number of nitrogens with one attached hydrogen (secondary N) is 1. The maximum absolute atomic E-state index is 12.3. The van der Waals surface area contributed by atoms with Crippen LogP contribution < -0.4 is 19.5 Å². The summed E-state index contributed by atoms with van der Waals surface area (Å²) in [5.41, 5.74) is 1.78. The Morgan fingerprint density at radius 2 is 2.07 bits per heavy atom. The van der Waals surface area contributed by atoms with Crippen molar-refractivity contribution >= 4 is 11.6 Å². The van der Waals surface area contributed by atoms with Crippen molar-refractivity contribution in [2.45, 2.75) is 31.8 Å². The zero-order chi connectivity index (χ0) is 18.5. The molecule has 4 rings (SSSR count). The van der Waals surface area contributed by atoms with Crippen molar-refractivity contribution in [1.29, 1.82) is 0 Å². The predicted molar refractivity (Wildman–Crippen MR) is 100 cm³/mol. The minimum atomic E-state index is -0.0380. The SMILES string of the molecule is O=C(CCc1ccc2c(c1)OCO2)Nc1cccc(OCC2CCCO2)c1. The summed E-state index contributed by atoms with van der Waals surface area (Å²) in [4.78, 5) is 12.3. The topological polar surface area (TPSA) is 66.0 Å². The van der Waals surface area contributed by atoms with Gasteiger partial charge in [0.05, 0.1) is 6.10 Å². The van der Waals surface area contributed by atoms with Gasteiger partial charge in [0.1, 0.15) is 12.4 Å². The van der Waals surface area contributed by atoms with E-state index in [2.05, 4.69) is 5.32 Å². The van der Waals surface area contributed by atoms with Gasteiger partial charge in [0, 0.05) is 24.8 Å². The first-order valence-electron chi connectivity index (χ1n) is 9.29. The third kappa shape index (κ3) is 4.71. The van der Waals surface area contributed by atoms with Crippen molar-refractivity contribution in [2.75, 3.05) is 25.3 Å². The molecule has 142 valence electrons. The summed E-state index contributed by atoms with van der Waals surface area (Å²) < 4.78 is 22.0.